The SMILES string of the molecule is CC1CCCC(NC(=O)C2CCCCC2C(=O)O)CC1. The summed E-state index contributed by atoms with van der Waals surface area (Å²) in [6, 6.07) is 0.254. The Morgan fingerprint density at radius 1 is 0.900 bits per heavy atom. The molecule has 20 heavy (non-hydrogen) atoms. The van der Waals surface area contributed by atoms with Gasteiger partial charge < -0.3 is 10.4 Å². The van der Waals surface area contributed by atoms with Crippen LogP contribution in [0.1, 0.15) is 64.7 Å². The number of hydrogen-bond acceptors (Lipinski definition) is 2. The van der Waals surface area contributed by atoms with Gasteiger partial charge in [0, 0.05) is 6.04 Å². The van der Waals surface area contributed by atoms with Crippen LogP contribution < -0.4 is 5.32 Å². The van der Waals surface area contributed by atoms with Gasteiger partial charge >= 0.3 is 5.97 Å². The van der Waals surface area contributed by atoms with Crippen LogP contribution in [0.15, 0.2) is 0 Å². The van der Waals surface area contributed by atoms with Crippen molar-refractivity contribution in [3.8, 4) is 0 Å². The number of nitrogens with one attached hydrogen (secondary N) is 1. The molecule has 2 rings (SSSR count). The van der Waals surface area contributed by atoms with E-state index in [1.54, 1.807) is 0 Å². The molecule has 4 nitrogen and oxygen atoms in total. The van der Waals surface area contributed by atoms with Crippen LogP contribution in [0, 0.1) is 17.8 Å². The molecule has 0 aliphatic heterocycles. The van der Waals surface area contributed by atoms with Crippen LogP contribution in [0.3, 0.4) is 0 Å². The van der Waals surface area contributed by atoms with Gasteiger partial charge in [-0.15, -0.1) is 0 Å². The maximum Gasteiger partial charge on any atom is 0.307 e. The second-order valence-corrected chi connectivity index (χ2v) is 6.65. The van der Waals surface area contributed by atoms with E-state index in [1.807, 2.05) is 0 Å². The van der Waals surface area contributed by atoms with Crippen LogP contribution in [-0.2, 0) is 9.59 Å². The van der Waals surface area contributed by atoms with E-state index in [0.717, 1.165) is 44.4 Å². The Hall–Kier alpha value is -1.06. The average molecular weight is 281 g/mol. The number of aliphatic carboxylic acids is 1. The molecule has 2 N–H and O–H groups in total. The Kier molecular flexibility index (Phi) is 5.44. The molecule has 0 saturated heterocycles. The molecule has 0 aromatic rings. The molecule has 2 saturated carbocycles. The maximum atomic E-state index is 12.4. The summed E-state index contributed by atoms with van der Waals surface area (Å²) in [6.45, 7) is 2.27. The Bertz CT molecular complexity index is 356. The number of carbonyl (C=O) groups is 2. The van der Waals surface area contributed by atoms with Gasteiger partial charge in [0.15, 0.2) is 0 Å². The van der Waals surface area contributed by atoms with Crippen molar-refractivity contribution in [3.05, 3.63) is 0 Å². The van der Waals surface area contributed by atoms with Crippen molar-refractivity contribution in [1.82, 2.24) is 5.32 Å². The molecule has 114 valence electrons. The number of carboxylic acids is 1. The summed E-state index contributed by atoms with van der Waals surface area (Å²) in [5.74, 6) is -0.871. The molecule has 0 aromatic heterocycles. The largest absolute Gasteiger partial charge is 0.481 e. The van der Waals surface area contributed by atoms with Crippen molar-refractivity contribution in [2.45, 2.75) is 70.8 Å². The van der Waals surface area contributed by atoms with Gasteiger partial charge in [0.1, 0.15) is 0 Å². The lowest BCUT2D eigenvalue weighted by Crippen LogP contribution is -2.44. The van der Waals surface area contributed by atoms with Crippen molar-refractivity contribution >= 4 is 11.9 Å². The molecule has 4 heteroatoms. The highest BCUT2D eigenvalue weighted by Crippen LogP contribution is 2.31. The maximum absolute atomic E-state index is 12.4. The highest BCUT2D eigenvalue weighted by atomic mass is 16.4. The van der Waals surface area contributed by atoms with Crippen LogP contribution in [0.5, 0.6) is 0 Å². The van der Waals surface area contributed by atoms with Gasteiger partial charge in [-0.05, 0) is 38.0 Å². The summed E-state index contributed by atoms with van der Waals surface area (Å²) in [6.07, 6.45) is 8.94. The minimum atomic E-state index is -0.806. The fourth-order valence-electron chi connectivity index (χ4n) is 3.68. The lowest BCUT2D eigenvalue weighted by Gasteiger charge is -2.29. The molecule has 2 aliphatic carbocycles. The van der Waals surface area contributed by atoms with Crippen molar-refractivity contribution in [2.75, 3.05) is 0 Å². The average Bonchev–Trinajstić information content (AvgIpc) is 2.63. The molecule has 2 fully saturated rings. The molecule has 4 unspecified atom stereocenters. The Balaban J connectivity index is 1.90. The quantitative estimate of drug-likeness (QED) is 0.782. The van der Waals surface area contributed by atoms with Crippen LogP contribution in [0.4, 0.5) is 0 Å². The van der Waals surface area contributed by atoms with Gasteiger partial charge in [0.25, 0.3) is 0 Å². The lowest BCUT2D eigenvalue weighted by molar-refractivity contribution is -0.149. The zero-order chi connectivity index (χ0) is 14.5. The minimum Gasteiger partial charge on any atom is -0.481 e. The molecule has 0 radical (unpaired) electrons. The van der Waals surface area contributed by atoms with Crippen molar-refractivity contribution in [1.29, 1.82) is 0 Å². The summed E-state index contributed by atoms with van der Waals surface area (Å²) in [5.41, 5.74) is 0. The molecule has 0 aromatic carbocycles. The summed E-state index contributed by atoms with van der Waals surface area (Å²) in [4.78, 5) is 23.7. The fourth-order valence-corrected chi connectivity index (χ4v) is 3.68. The predicted molar refractivity (Wildman–Crippen MR) is 77.3 cm³/mol. The van der Waals surface area contributed by atoms with Crippen LogP contribution >= 0.6 is 0 Å². The number of carboxylic acid groups (broad SMARTS) is 1. The summed E-state index contributed by atoms with van der Waals surface area (Å²) in [7, 11) is 0. The van der Waals surface area contributed by atoms with Crippen LogP contribution in [0.25, 0.3) is 0 Å². The van der Waals surface area contributed by atoms with E-state index >= 15 is 0 Å². The third-order valence-corrected chi connectivity index (χ3v) is 5.02. The lowest BCUT2D eigenvalue weighted by atomic mass is 9.78. The van der Waals surface area contributed by atoms with Crippen molar-refractivity contribution in [3.63, 3.8) is 0 Å². The zero-order valence-corrected chi connectivity index (χ0v) is 12.4. The standard InChI is InChI=1S/C16H27NO3/c1-11-5-4-6-12(10-9-11)17-15(18)13-7-2-3-8-14(13)16(19)20/h11-14H,2-10H2,1H3,(H,17,18)(H,19,20). The van der Waals surface area contributed by atoms with E-state index in [-0.39, 0.29) is 17.9 Å². The number of hydrogen-bond donors (Lipinski definition) is 2. The molecule has 0 spiro atoms. The summed E-state index contributed by atoms with van der Waals surface area (Å²) < 4.78 is 0. The highest BCUT2D eigenvalue weighted by Gasteiger charge is 2.36. The molecule has 4 atom stereocenters. The number of rotatable bonds is 3. The van der Waals surface area contributed by atoms with Gasteiger partial charge in [-0.1, -0.05) is 32.6 Å². The fraction of sp³-hybridized carbons (Fsp3) is 0.875. The molecule has 0 bridgehead atoms. The highest BCUT2D eigenvalue weighted by molar-refractivity contribution is 5.85. The number of amides is 1. The molecule has 2 aliphatic rings. The second kappa shape index (κ2) is 7.09. The first-order chi connectivity index (χ1) is 9.58. The molecule has 1 amide bonds. The molecular weight excluding hydrogens is 254 g/mol. The van der Waals surface area contributed by atoms with Gasteiger partial charge in [-0.25, -0.2) is 0 Å². The van der Waals surface area contributed by atoms with Gasteiger partial charge in [-0.2, -0.15) is 0 Å². The van der Waals surface area contributed by atoms with E-state index in [1.165, 1.54) is 12.8 Å². The van der Waals surface area contributed by atoms with E-state index in [2.05, 4.69) is 12.2 Å². The van der Waals surface area contributed by atoms with E-state index in [9.17, 15) is 14.7 Å². The minimum absolute atomic E-state index is 0.0170. The van der Waals surface area contributed by atoms with Crippen molar-refractivity contribution < 1.29 is 14.7 Å². The first-order valence-electron chi connectivity index (χ1n) is 8.11. The van der Waals surface area contributed by atoms with E-state index < -0.39 is 11.9 Å². The van der Waals surface area contributed by atoms with Gasteiger partial charge in [-0.3, -0.25) is 9.59 Å². The normalized spacial score (nSPS) is 35.0. The molecule has 0 heterocycles. The molecular formula is C16H27NO3. The van der Waals surface area contributed by atoms with Gasteiger partial charge in [0.05, 0.1) is 11.8 Å². The third kappa shape index (κ3) is 3.97. The Morgan fingerprint density at radius 2 is 1.60 bits per heavy atom. The van der Waals surface area contributed by atoms with Crippen LogP contribution in [0.2, 0.25) is 0 Å². The monoisotopic (exact) mass is 281 g/mol. The Labute approximate surface area is 121 Å². The second-order valence-electron chi connectivity index (χ2n) is 6.65. The first-order valence-corrected chi connectivity index (χ1v) is 8.11. The summed E-state index contributed by atoms with van der Waals surface area (Å²) in [5, 5.41) is 12.4. The predicted octanol–water partition coefficient (Wildman–Crippen LogP) is 2.96. The van der Waals surface area contributed by atoms with Gasteiger partial charge in [0.2, 0.25) is 5.91 Å². The van der Waals surface area contributed by atoms with E-state index in [4.69, 9.17) is 0 Å². The topological polar surface area (TPSA) is 66.4 Å². The third-order valence-electron chi connectivity index (χ3n) is 5.02. The van der Waals surface area contributed by atoms with Crippen LogP contribution in [-0.4, -0.2) is 23.0 Å². The van der Waals surface area contributed by atoms with Crippen molar-refractivity contribution in [2.24, 2.45) is 17.8 Å². The van der Waals surface area contributed by atoms with E-state index in [0.29, 0.717) is 6.42 Å². The summed E-state index contributed by atoms with van der Waals surface area (Å²) >= 11 is 0. The first kappa shape index (κ1) is 15.3. The zero-order valence-electron chi connectivity index (χ0n) is 12.4. The smallest absolute Gasteiger partial charge is 0.307 e. The number of carbonyl (C=O) groups excluding carboxylic acids is 1. The Morgan fingerprint density at radius 3 is 2.30 bits per heavy atom.